The second-order valence-electron chi connectivity index (χ2n) is 5.32. The van der Waals surface area contributed by atoms with E-state index in [-0.39, 0.29) is 18.2 Å². The highest BCUT2D eigenvalue weighted by molar-refractivity contribution is 6.31. The van der Waals surface area contributed by atoms with Crippen molar-refractivity contribution in [3.63, 3.8) is 0 Å². The summed E-state index contributed by atoms with van der Waals surface area (Å²) in [6, 6.07) is 0.115. The number of nitrogens with zero attached hydrogens (tertiary/aromatic N) is 2. The van der Waals surface area contributed by atoms with Gasteiger partial charge in [-0.3, -0.25) is 10.5 Å². The molecule has 1 aliphatic carbocycles. The summed E-state index contributed by atoms with van der Waals surface area (Å²) in [7, 11) is 0. The fourth-order valence-electron chi connectivity index (χ4n) is 2.50. The molecule has 0 aromatic carbocycles. The molecular weight excluding hydrogens is 264 g/mol. The van der Waals surface area contributed by atoms with Crippen LogP contribution in [0.3, 0.4) is 0 Å². The summed E-state index contributed by atoms with van der Waals surface area (Å²) in [6.45, 7) is 6.83. The number of rotatable bonds is 7. The smallest absolute Gasteiger partial charge is 0.0908 e. The van der Waals surface area contributed by atoms with E-state index in [9.17, 15) is 0 Å². The quantitative estimate of drug-likeness (QED) is 0.597. The highest BCUT2D eigenvalue weighted by atomic mass is 35.5. The van der Waals surface area contributed by atoms with Crippen LogP contribution < -0.4 is 11.3 Å². The van der Waals surface area contributed by atoms with Gasteiger partial charge in [-0.25, -0.2) is 5.43 Å². The summed E-state index contributed by atoms with van der Waals surface area (Å²) in [4.78, 5) is 0. The third-order valence-electron chi connectivity index (χ3n) is 3.52. The van der Waals surface area contributed by atoms with Crippen molar-refractivity contribution in [3.8, 4) is 0 Å². The van der Waals surface area contributed by atoms with Gasteiger partial charge in [0.1, 0.15) is 0 Å². The summed E-state index contributed by atoms with van der Waals surface area (Å²) < 4.78 is 7.81. The van der Waals surface area contributed by atoms with E-state index in [1.165, 1.54) is 12.8 Å². The van der Waals surface area contributed by atoms with Crippen molar-refractivity contribution in [2.45, 2.75) is 51.8 Å². The van der Waals surface area contributed by atoms with Gasteiger partial charge in [-0.1, -0.05) is 11.6 Å². The summed E-state index contributed by atoms with van der Waals surface area (Å²) in [5.41, 5.74) is 3.80. The Bertz CT molecular complexity index is 417. The summed E-state index contributed by atoms with van der Waals surface area (Å²) in [6.07, 6.45) is 4.12. The molecule has 1 aliphatic rings. The highest BCUT2D eigenvalue weighted by Gasteiger charge is 2.40. The fraction of sp³-hybridized carbons (Fsp3) is 0.769. The Labute approximate surface area is 119 Å². The molecule has 6 heteroatoms. The average molecular weight is 287 g/mol. The van der Waals surface area contributed by atoms with Gasteiger partial charge in [0.05, 0.1) is 29.1 Å². The molecule has 2 unspecified atom stereocenters. The van der Waals surface area contributed by atoms with Gasteiger partial charge in [-0.15, -0.1) is 0 Å². The maximum absolute atomic E-state index is 6.30. The SMILES string of the molecule is CCOC(C1CC1)C(NN)c1c(Cl)cnn1C(C)C. The van der Waals surface area contributed by atoms with Crippen molar-refractivity contribution in [2.24, 2.45) is 11.8 Å². The van der Waals surface area contributed by atoms with E-state index < -0.39 is 0 Å². The average Bonchev–Trinajstić information content (AvgIpc) is 3.14. The first-order chi connectivity index (χ1) is 9.10. The predicted molar refractivity (Wildman–Crippen MR) is 75.8 cm³/mol. The van der Waals surface area contributed by atoms with Crippen LogP contribution in [0.15, 0.2) is 6.20 Å². The van der Waals surface area contributed by atoms with Crippen molar-refractivity contribution in [3.05, 3.63) is 16.9 Å². The normalized spacial score (nSPS) is 18.8. The Balaban J connectivity index is 2.32. The second kappa shape index (κ2) is 6.22. The zero-order valence-electron chi connectivity index (χ0n) is 11.8. The Morgan fingerprint density at radius 1 is 1.58 bits per heavy atom. The van der Waals surface area contributed by atoms with Gasteiger partial charge in [0.2, 0.25) is 0 Å². The van der Waals surface area contributed by atoms with Gasteiger partial charge >= 0.3 is 0 Å². The number of hydrogen-bond donors (Lipinski definition) is 2. The van der Waals surface area contributed by atoms with Gasteiger partial charge in [0.25, 0.3) is 0 Å². The minimum Gasteiger partial charge on any atom is -0.376 e. The Morgan fingerprint density at radius 2 is 2.26 bits per heavy atom. The Hall–Kier alpha value is -0.620. The molecule has 0 saturated heterocycles. The van der Waals surface area contributed by atoms with Crippen LogP contribution in [0.1, 0.15) is 51.4 Å². The van der Waals surface area contributed by atoms with Crippen molar-refractivity contribution in [2.75, 3.05) is 6.61 Å². The molecule has 19 heavy (non-hydrogen) atoms. The second-order valence-corrected chi connectivity index (χ2v) is 5.72. The lowest BCUT2D eigenvalue weighted by Crippen LogP contribution is -2.41. The van der Waals surface area contributed by atoms with Gasteiger partial charge in [-0.2, -0.15) is 5.10 Å². The number of ether oxygens (including phenoxy) is 1. The lowest BCUT2D eigenvalue weighted by molar-refractivity contribution is 0.0161. The third kappa shape index (κ3) is 3.11. The number of nitrogens with two attached hydrogens (primary N) is 1. The van der Waals surface area contributed by atoms with E-state index in [0.717, 1.165) is 5.69 Å². The number of hydrogen-bond acceptors (Lipinski definition) is 4. The molecule has 1 saturated carbocycles. The zero-order chi connectivity index (χ0) is 14.0. The molecule has 3 N–H and O–H groups in total. The van der Waals surface area contributed by atoms with Crippen LogP contribution in [0.5, 0.6) is 0 Å². The number of aromatic nitrogens is 2. The molecule has 2 rings (SSSR count). The van der Waals surface area contributed by atoms with Crippen molar-refractivity contribution < 1.29 is 4.74 Å². The molecule has 5 nitrogen and oxygen atoms in total. The number of hydrazine groups is 1. The molecule has 2 atom stereocenters. The van der Waals surface area contributed by atoms with Crippen LogP contribution >= 0.6 is 11.6 Å². The summed E-state index contributed by atoms with van der Waals surface area (Å²) in [5.74, 6) is 6.33. The topological polar surface area (TPSA) is 65.1 Å². The monoisotopic (exact) mass is 286 g/mol. The molecule has 0 aliphatic heterocycles. The van der Waals surface area contributed by atoms with Crippen LogP contribution in [0.25, 0.3) is 0 Å². The predicted octanol–water partition coefficient (Wildman–Crippen LogP) is 2.44. The molecule has 1 heterocycles. The highest BCUT2D eigenvalue weighted by Crippen LogP contribution is 2.41. The van der Waals surface area contributed by atoms with Gasteiger partial charge in [-0.05, 0) is 39.5 Å². The zero-order valence-corrected chi connectivity index (χ0v) is 12.5. The van der Waals surface area contributed by atoms with Gasteiger partial charge in [0, 0.05) is 12.6 Å². The molecule has 108 valence electrons. The van der Waals surface area contributed by atoms with Crippen LogP contribution in [0.4, 0.5) is 0 Å². The first-order valence-corrected chi connectivity index (χ1v) is 7.28. The standard InChI is InChI=1S/C13H23ClN4O/c1-4-19-13(9-5-6-9)11(17-15)12-10(14)7-16-18(12)8(2)3/h7-9,11,13,17H,4-6,15H2,1-3H3. The summed E-state index contributed by atoms with van der Waals surface area (Å²) in [5, 5.41) is 4.98. The number of halogens is 1. The van der Waals surface area contributed by atoms with Crippen LogP contribution in [0.2, 0.25) is 5.02 Å². The van der Waals surface area contributed by atoms with E-state index in [1.807, 2.05) is 11.6 Å². The maximum atomic E-state index is 6.30. The lowest BCUT2D eigenvalue weighted by Gasteiger charge is -2.28. The van der Waals surface area contributed by atoms with E-state index in [0.29, 0.717) is 17.5 Å². The first kappa shape index (κ1) is 14.8. The molecule has 0 radical (unpaired) electrons. The molecule has 0 spiro atoms. The first-order valence-electron chi connectivity index (χ1n) is 6.90. The Kier molecular flexibility index (Phi) is 4.84. The van der Waals surface area contributed by atoms with E-state index in [4.69, 9.17) is 22.2 Å². The van der Waals surface area contributed by atoms with Crippen LogP contribution in [0, 0.1) is 5.92 Å². The molecular formula is C13H23ClN4O. The lowest BCUT2D eigenvalue weighted by atomic mass is 10.0. The summed E-state index contributed by atoms with van der Waals surface area (Å²) >= 11 is 6.30. The van der Waals surface area contributed by atoms with Crippen molar-refractivity contribution in [1.82, 2.24) is 15.2 Å². The number of nitrogens with one attached hydrogen (secondary N) is 1. The van der Waals surface area contributed by atoms with E-state index in [1.54, 1.807) is 6.20 Å². The van der Waals surface area contributed by atoms with Crippen LogP contribution in [-0.4, -0.2) is 22.5 Å². The minimum atomic E-state index is -0.121. The molecule has 0 bridgehead atoms. The molecule has 1 aromatic rings. The largest absolute Gasteiger partial charge is 0.376 e. The van der Waals surface area contributed by atoms with E-state index >= 15 is 0 Å². The molecule has 1 aromatic heterocycles. The molecule has 1 fully saturated rings. The van der Waals surface area contributed by atoms with Crippen LogP contribution in [-0.2, 0) is 4.74 Å². The van der Waals surface area contributed by atoms with Gasteiger partial charge in [0.15, 0.2) is 0 Å². The fourth-order valence-corrected chi connectivity index (χ4v) is 2.75. The van der Waals surface area contributed by atoms with Crippen molar-refractivity contribution >= 4 is 11.6 Å². The Morgan fingerprint density at radius 3 is 2.74 bits per heavy atom. The van der Waals surface area contributed by atoms with Gasteiger partial charge < -0.3 is 4.74 Å². The van der Waals surface area contributed by atoms with E-state index in [2.05, 4.69) is 24.4 Å². The van der Waals surface area contributed by atoms with Crippen molar-refractivity contribution in [1.29, 1.82) is 0 Å². The molecule has 0 amide bonds. The third-order valence-corrected chi connectivity index (χ3v) is 3.82. The maximum Gasteiger partial charge on any atom is 0.0908 e. The minimum absolute atomic E-state index is 0.0571.